The number of amides is 1. The highest BCUT2D eigenvalue weighted by molar-refractivity contribution is 6.58. The summed E-state index contributed by atoms with van der Waals surface area (Å²) in [6, 6.07) is 4.29. The maximum absolute atomic E-state index is 11.4. The van der Waals surface area contributed by atoms with Gasteiger partial charge in [0.25, 0.3) is 5.91 Å². The molecule has 0 radical (unpaired) electrons. The summed E-state index contributed by atoms with van der Waals surface area (Å²) in [5, 5.41) is 20.5. The third-order valence-electron chi connectivity index (χ3n) is 1.88. The minimum absolute atomic E-state index is 0.205. The Balaban J connectivity index is 3.03. The highest BCUT2D eigenvalue weighted by Crippen LogP contribution is 2.05. The van der Waals surface area contributed by atoms with Crippen LogP contribution >= 0.6 is 0 Å². The predicted molar refractivity (Wildman–Crippen MR) is 58.7 cm³/mol. The first-order valence-electron chi connectivity index (χ1n) is 4.59. The van der Waals surface area contributed by atoms with E-state index < -0.39 is 7.12 Å². The molecule has 1 amide bonds. The predicted octanol–water partition coefficient (Wildman–Crippen LogP) is -1.30. The van der Waals surface area contributed by atoms with Crippen molar-refractivity contribution in [3.05, 3.63) is 23.8 Å². The third-order valence-corrected chi connectivity index (χ3v) is 1.88. The van der Waals surface area contributed by atoms with Gasteiger partial charge < -0.3 is 21.1 Å². The van der Waals surface area contributed by atoms with E-state index in [1.807, 2.05) is 0 Å². The smallest absolute Gasteiger partial charge is 0.423 e. The molecule has 1 aromatic rings. The molecule has 0 saturated heterocycles. The number of nitrogen functional groups attached to an aromatic ring is 1. The number of carbonyl (C=O) groups excluding carboxylic acids is 1. The fourth-order valence-corrected chi connectivity index (χ4v) is 1.22. The first-order chi connectivity index (χ1) is 7.04. The molecule has 0 aromatic heterocycles. The van der Waals surface area contributed by atoms with Gasteiger partial charge in [-0.15, -0.1) is 0 Å². The van der Waals surface area contributed by atoms with Gasteiger partial charge in [-0.25, -0.2) is 0 Å². The topological polar surface area (TPSA) is 95.6 Å². The molecular weight excluding hydrogens is 195 g/mol. The van der Waals surface area contributed by atoms with Gasteiger partial charge in [0.1, 0.15) is 0 Å². The van der Waals surface area contributed by atoms with Crippen LogP contribution in [0, 0.1) is 0 Å². The number of nitrogens with two attached hydrogens (primary N) is 1. The van der Waals surface area contributed by atoms with Gasteiger partial charge in [0, 0.05) is 17.8 Å². The molecule has 1 aromatic carbocycles. The molecule has 0 heterocycles. The lowest BCUT2D eigenvalue weighted by molar-refractivity contribution is 0.0956. The van der Waals surface area contributed by atoms with Crippen LogP contribution in [0.3, 0.4) is 0 Å². The molecule has 0 fully saturated rings. The fourth-order valence-electron chi connectivity index (χ4n) is 1.22. The largest absolute Gasteiger partial charge is 0.488 e. The van der Waals surface area contributed by atoms with Gasteiger partial charge in [-0.05, 0) is 30.6 Å². The summed E-state index contributed by atoms with van der Waals surface area (Å²) in [5.74, 6) is -0.285. The monoisotopic (exact) mass is 208 g/mol. The van der Waals surface area contributed by atoms with Crippen molar-refractivity contribution >= 4 is 24.2 Å². The van der Waals surface area contributed by atoms with E-state index in [2.05, 4.69) is 5.32 Å². The SMILES string of the molecule is CCNC(=O)c1cc(N)cc(B(O)O)c1. The molecule has 0 spiro atoms. The molecule has 0 aliphatic heterocycles. The van der Waals surface area contributed by atoms with Gasteiger partial charge >= 0.3 is 7.12 Å². The van der Waals surface area contributed by atoms with Crippen LogP contribution in [-0.2, 0) is 0 Å². The zero-order valence-electron chi connectivity index (χ0n) is 8.40. The van der Waals surface area contributed by atoms with E-state index in [0.29, 0.717) is 17.8 Å². The van der Waals surface area contributed by atoms with Gasteiger partial charge in [0.2, 0.25) is 0 Å². The van der Waals surface area contributed by atoms with E-state index in [-0.39, 0.29) is 11.4 Å². The normalized spacial score (nSPS) is 9.80. The van der Waals surface area contributed by atoms with Crippen LogP contribution < -0.4 is 16.5 Å². The van der Waals surface area contributed by atoms with Crippen molar-refractivity contribution < 1.29 is 14.8 Å². The second-order valence-corrected chi connectivity index (χ2v) is 3.12. The van der Waals surface area contributed by atoms with Crippen LogP contribution in [0.1, 0.15) is 17.3 Å². The van der Waals surface area contributed by atoms with E-state index >= 15 is 0 Å². The van der Waals surface area contributed by atoms with Crippen LogP contribution in [0.25, 0.3) is 0 Å². The van der Waals surface area contributed by atoms with Crippen LogP contribution in [0.5, 0.6) is 0 Å². The number of benzene rings is 1. The van der Waals surface area contributed by atoms with Crippen molar-refractivity contribution in [1.29, 1.82) is 0 Å². The number of hydrogen-bond acceptors (Lipinski definition) is 4. The minimum atomic E-state index is -1.62. The van der Waals surface area contributed by atoms with Gasteiger partial charge in [0.05, 0.1) is 0 Å². The van der Waals surface area contributed by atoms with Crippen molar-refractivity contribution in [1.82, 2.24) is 5.32 Å². The Morgan fingerprint density at radius 2 is 2.13 bits per heavy atom. The first kappa shape index (κ1) is 11.5. The molecule has 5 N–H and O–H groups in total. The van der Waals surface area contributed by atoms with Crippen molar-refractivity contribution in [2.24, 2.45) is 0 Å². The molecule has 0 aliphatic carbocycles. The molecule has 0 atom stereocenters. The molecule has 5 nitrogen and oxygen atoms in total. The Labute approximate surface area is 88.1 Å². The number of rotatable bonds is 3. The second kappa shape index (κ2) is 4.81. The maximum Gasteiger partial charge on any atom is 0.488 e. The summed E-state index contributed by atoms with van der Waals surface area (Å²) in [6.07, 6.45) is 0. The lowest BCUT2D eigenvalue weighted by Gasteiger charge is -2.06. The number of nitrogens with one attached hydrogen (secondary N) is 1. The zero-order chi connectivity index (χ0) is 11.4. The van der Waals surface area contributed by atoms with E-state index in [1.54, 1.807) is 6.92 Å². The number of hydrogen-bond donors (Lipinski definition) is 4. The molecule has 1 rings (SSSR count). The quantitative estimate of drug-likeness (QED) is 0.366. The summed E-state index contributed by atoms with van der Waals surface area (Å²) in [5.41, 5.74) is 6.37. The summed E-state index contributed by atoms with van der Waals surface area (Å²) < 4.78 is 0. The molecule has 6 heteroatoms. The minimum Gasteiger partial charge on any atom is -0.423 e. The molecular formula is C9H13BN2O3. The number of anilines is 1. The van der Waals surface area contributed by atoms with Gasteiger partial charge in [-0.2, -0.15) is 0 Å². The van der Waals surface area contributed by atoms with Crippen LogP contribution in [-0.4, -0.2) is 29.6 Å². The highest BCUT2D eigenvalue weighted by Gasteiger charge is 2.14. The Bertz CT molecular complexity index is 368. The molecule has 0 unspecified atom stereocenters. The molecule has 80 valence electrons. The van der Waals surface area contributed by atoms with Crippen LogP contribution in [0.15, 0.2) is 18.2 Å². The van der Waals surface area contributed by atoms with E-state index in [0.717, 1.165) is 0 Å². The van der Waals surface area contributed by atoms with E-state index in [9.17, 15) is 4.79 Å². The van der Waals surface area contributed by atoms with Crippen LogP contribution in [0.4, 0.5) is 5.69 Å². The summed E-state index contributed by atoms with van der Waals surface area (Å²) in [7, 11) is -1.62. The first-order valence-corrected chi connectivity index (χ1v) is 4.59. The van der Waals surface area contributed by atoms with Gasteiger partial charge in [-0.1, -0.05) is 0 Å². The highest BCUT2D eigenvalue weighted by atomic mass is 16.4. The lowest BCUT2D eigenvalue weighted by Crippen LogP contribution is -2.32. The summed E-state index contributed by atoms with van der Waals surface area (Å²) in [6.45, 7) is 2.30. The van der Waals surface area contributed by atoms with Gasteiger partial charge in [0.15, 0.2) is 0 Å². The zero-order valence-corrected chi connectivity index (χ0v) is 8.40. The second-order valence-electron chi connectivity index (χ2n) is 3.12. The third kappa shape index (κ3) is 2.97. The van der Waals surface area contributed by atoms with Crippen LogP contribution in [0.2, 0.25) is 0 Å². The Hall–Kier alpha value is -1.53. The lowest BCUT2D eigenvalue weighted by atomic mass is 9.79. The van der Waals surface area contributed by atoms with Crippen molar-refractivity contribution in [2.75, 3.05) is 12.3 Å². The Kier molecular flexibility index (Phi) is 3.71. The molecule has 0 bridgehead atoms. The van der Waals surface area contributed by atoms with Crippen molar-refractivity contribution in [2.45, 2.75) is 6.92 Å². The average molecular weight is 208 g/mol. The summed E-state index contributed by atoms with van der Waals surface area (Å²) in [4.78, 5) is 11.4. The molecule has 0 aliphatic rings. The van der Waals surface area contributed by atoms with Gasteiger partial charge in [-0.3, -0.25) is 4.79 Å². The Morgan fingerprint density at radius 1 is 1.47 bits per heavy atom. The molecule has 15 heavy (non-hydrogen) atoms. The van der Waals surface area contributed by atoms with E-state index in [4.69, 9.17) is 15.8 Å². The molecule has 0 saturated carbocycles. The maximum atomic E-state index is 11.4. The van der Waals surface area contributed by atoms with Crippen molar-refractivity contribution in [3.8, 4) is 0 Å². The average Bonchev–Trinajstić information content (AvgIpc) is 2.17. The van der Waals surface area contributed by atoms with E-state index in [1.165, 1.54) is 18.2 Å². The fraction of sp³-hybridized carbons (Fsp3) is 0.222. The van der Waals surface area contributed by atoms with Crippen molar-refractivity contribution in [3.63, 3.8) is 0 Å². The standard InChI is InChI=1S/C9H13BN2O3/c1-2-12-9(13)6-3-7(10(14)15)5-8(11)4-6/h3-5,14-15H,2,11H2,1H3,(H,12,13). The Morgan fingerprint density at radius 3 is 2.67 bits per heavy atom. The number of carbonyl (C=O) groups is 1. The summed E-state index contributed by atoms with van der Waals surface area (Å²) >= 11 is 0.